The zero-order valence-corrected chi connectivity index (χ0v) is 15.2. The molecule has 3 aromatic rings. The average molecular weight is 363 g/mol. The highest BCUT2D eigenvalue weighted by Crippen LogP contribution is 2.39. The van der Waals surface area contributed by atoms with E-state index < -0.39 is 0 Å². The van der Waals surface area contributed by atoms with Crippen LogP contribution in [0.1, 0.15) is 23.6 Å². The molecule has 26 heavy (non-hydrogen) atoms. The zero-order valence-electron chi connectivity index (χ0n) is 14.5. The Morgan fingerprint density at radius 3 is 2.31 bits per heavy atom. The van der Waals surface area contributed by atoms with Crippen LogP contribution in [0.3, 0.4) is 0 Å². The van der Waals surface area contributed by atoms with Gasteiger partial charge in [0.15, 0.2) is 0 Å². The minimum absolute atomic E-state index is 0.0724. The van der Waals surface area contributed by atoms with E-state index in [1.807, 2.05) is 48.5 Å². The quantitative estimate of drug-likeness (QED) is 0.594. The summed E-state index contributed by atoms with van der Waals surface area (Å²) in [5.41, 5.74) is 4.29. The Hall–Kier alpha value is -2.78. The third-order valence-corrected chi connectivity index (χ3v) is 4.96. The lowest BCUT2D eigenvalue weighted by Crippen LogP contribution is -2.18. The van der Waals surface area contributed by atoms with Crippen LogP contribution < -0.4 is 9.75 Å². The first kappa shape index (κ1) is 16.7. The van der Waals surface area contributed by atoms with Crippen molar-refractivity contribution in [3.05, 3.63) is 95.0 Å². The number of anilines is 1. The molecular weight excluding hydrogens is 344 g/mol. The third kappa shape index (κ3) is 3.18. The summed E-state index contributed by atoms with van der Waals surface area (Å²) < 4.78 is 5.26. The molecule has 0 fully saturated rings. The minimum Gasteiger partial charge on any atom is -0.497 e. The summed E-state index contributed by atoms with van der Waals surface area (Å²) in [4.78, 5) is 0. The van der Waals surface area contributed by atoms with E-state index in [1.54, 1.807) is 7.11 Å². The van der Waals surface area contributed by atoms with Crippen LogP contribution in [0.5, 0.6) is 5.75 Å². The van der Waals surface area contributed by atoms with Crippen molar-refractivity contribution >= 4 is 23.0 Å². The topological polar surface area (TPSA) is 24.8 Å². The van der Waals surface area contributed by atoms with Gasteiger partial charge in [-0.05, 0) is 53.6 Å². The fourth-order valence-corrected chi connectivity index (χ4v) is 3.54. The van der Waals surface area contributed by atoms with Crippen molar-refractivity contribution in [1.29, 1.82) is 0 Å². The van der Waals surface area contributed by atoms with Gasteiger partial charge < -0.3 is 4.74 Å². The molecule has 130 valence electrons. The number of nitrogens with zero attached hydrogens (tertiary/aromatic N) is 2. The molecule has 4 heteroatoms. The first-order chi connectivity index (χ1) is 12.8. The second-order valence-electron chi connectivity index (χ2n) is 6.20. The van der Waals surface area contributed by atoms with Gasteiger partial charge >= 0.3 is 0 Å². The third-order valence-electron chi connectivity index (χ3n) is 4.62. The van der Waals surface area contributed by atoms with E-state index in [2.05, 4.69) is 35.3 Å². The number of rotatable bonds is 4. The molecule has 0 saturated carbocycles. The van der Waals surface area contributed by atoms with Gasteiger partial charge in [-0.1, -0.05) is 48.0 Å². The van der Waals surface area contributed by atoms with Gasteiger partial charge in [-0.15, -0.1) is 0 Å². The highest BCUT2D eigenvalue weighted by molar-refractivity contribution is 6.31. The van der Waals surface area contributed by atoms with Crippen molar-refractivity contribution in [2.45, 2.75) is 12.5 Å². The standard InChI is InChI=1S/C22H19ClN2O/c1-26-18-13-11-16(12-14-18)21-15-22(19-9-5-6-10-20(19)23)25(24-21)17-7-3-2-4-8-17/h2-14,22H,15H2,1H3/t22-/m0/s1. The van der Waals surface area contributed by atoms with Crippen molar-refractivity contribution in [2.75, 3.05) is 12.1 Å². The minimum atomic E-state index is 0.0724. The summed E-state index contributed by atoms with van der Waals surface area (Å²) in [6.45, 7) is 0. The van der Waals surface area contributed by atoms with E-state index >= 15 is 0 Å². The molecule has 1 aliphatic rings. The Balaban J connectivity index is 1.74. The van der Waals surface area contributed by atoms with E-state index in [-0.39, 0.29) is 6.04 Å². The molecule has 0 bridgehead atoms. The largest absolute Gasteiger partial charge is 0.497 e. The zero-order chi connectivity index (χ0) is 17.9. The van der Waals surface area contributed by atoms with Gasteiger partial charge in [-0.3, -0.25) is 5.01 Å². The normalized spacial score (nSPS) is 16.5. The van der Waals surface area contributed by atoms with Crippen LogP contribution in [0.2, 0.25) is 5.02 Å². The Morgan fingerprint density at radius 1 is 0.923 bits per heavy atom. The molecule has 0 N–H and O–H groups in total. The molecule has 0 saturated heterocycles. The fraction of sp³-hybridized carbons (Fsp3) is 0.136. The number of hydrogen-bond donors (Lipinski definition) is 0. The Morgan fingerprint density at radius 2 is 1.62 bits per heavy atom. The monoisotopic (exact) mass is 362 g/mol. The van der Waals surface area contributed by atoms with Gasteiger partial charge in [0.1, 0.15) is 5.75 Å². The summed E-state index contributed by atoms with van der Waals surface area (Å²) in [5.74, 6) is 0.843. The maximum atomic E-state index is 6.50. The van der Waals surface area contributed by atoms with E-state index in [0.717, 1.165) is 39.7 Å². The van der Waals surface area contributed by atoms with E-state index in [0.29, 0.717) is 0 Å². The molecule has 0 radical (unpaired) electrons. The second kappa shape index (κ2) is 7.22. The van der Waals surface area contributed by atoms with E-state index in [9.17, 15) is 0 Å². The average Bonchev–Trinajstić information content (AvgIpc) is 3.14. The molecule has 1 atom stereocenters. The van der Waals surface area contributed by atoms with Crippen LogP contribution in [0, 0.1) is 0 Å². The number of hydrogen-bond acceptors (Lipinski definition) is 3. The van der Waals surface area contributed by atoms with Crippen LogP contribution in [0.15, 0.2) is 84.0 Å². The Kier molecular flexibility index (Phi) is 4.63. The number of methoxy groups -OCH3 is 1. The fourth-order valence-electron chi connectivity index (χ4n) is 3.27. The van der Waals surface area contributed by atoms with Crippen molar-refractivity contribution in [3.8, 4) is 5.75 Å². The smallest absolute Gasteiger partial charge is 0.118 e. The van der Waals surface area contributed by atoms with Crippen molar-refractivity contribution in [3.63, 3.8) is 0 Å². The summed E-state index contributed by atoms with van der Waals surface area (Å²) in [7, 11) is 1.67. The van der Waals surface area contributed by atoms with Gasteiger partial charge in [0.05, 0.1) is 24.6 Å². The molecule has 0 aliphatic carbocycles. The van der Waals surface area contributed by atoms with Crippen LogP contribution >= 0.6 is 11.6 Å². The predicted molar refractivity (Wildman–Crippen MR) is 107 cm³/mol. The number of halogens is 1. The Bertz CT molecular complexity index is 922. The van der Waals surface area contributed by atoms with Crippen molar-refractivity contribution in [2.24, 2.45) is 5.10 Å². The molecule has 1 aliphatic heterocycles. The van der Waals surface area contributed by atoms with Crippen LogP contribution in [-0.2, 0) is 0 Å². The first-order valence-corrected chi connectivity index (χ1v) is 8.94. The van der Waals surface area contributed by atoms with Gasteiger partial charge in [-0.25, -0.2) is 0 Å². The molecule has 3 nitrogen and oxygen atoms in total. The lowest BCUT2D eigenvalue weighted by Gasteiger charge is -2.24. The van der Waals surface area contributed by atoms with Gasteiger partial charge in [0.25, 0.3) is 0 Å². The summed E-state index contributed by atoms with van der Waals surface area (Å²) in [5, 5.41) is 7.77. The van der Waals surface area contributed by atoms with Crippen molar-refractivity contribution < 1.29 is 4.74 Å². The van der Waals surface area contributed by atoms with E-state index in [1.165, 1.54) is 0 Å². The number of para-hydroxylation sites is 1. The highest BCUT2D eigenvalue weighted by Gasteiger charge is 2.31. The second-order valence-corrected chi connectivity index (χ2v) is 6.60. The summed E-state index contributed by atoms with van der Waals surface area (Å²) >= 11 is 6.50. The molecule has 0 unspecified atom stereocenters. The maximum absolute atomic E-state index is 6.50. The lowest BCUT2D eigenvalue weighted by atomic mass is 9.98. The van der Waals surface area contributed by atoms with Crippen LogP contribution in [0.25, 0.3) is 0 Å². The summed E-state index contributed by atoms with van der Waals surface area (Å²) in [6, 6.07) is 26.3. The first-order valence-electron chi connectivity index (χ1n) is 8.57. The maximum Gasteiger partial charge on any atom is 0.118 e. The van der Waals surface area contributed by atoms with E-state index in [4.69, 9.17) is 21.4 Å². The molecule has 0 aromatic heterocycles. The number of benzene rings is 3. The van der Waals surface area contributed by atoms with Crippen molar-refractivity contribution in [1.82, 2.24) is 0 Å². The molecule has 0 spiro atoms. The molecular formula is C22H19ClN2O. The van der Waals surface area contributed by atoms with Gasteiger partial charge in [0, 0.05) is 11.4 Å². The molecule has 3 aromatic carbocycles. The van der Waals surface area contributed by atoms with Crippen LogP contribution in [-0.4, -0.2) is 12.8 Å². The molecule has 0 amide bonds. The lowest BCUT2D eigenvalue weighted by molar-refractivity contribution is 0.415. The van der Waals surface area contributed by atoms with Gasteiger partial charge in [-0.2, -0.15) is 5.10 Å². The predicted octanol–water partition coefficient (Wildman–Crippen LogP) is 5.70. The number of hydrazone groups is 1. The SMILES string of the molecule is COc1ccc(C2=NN(c3ccccc3)[C@H](c3ccccc3Cl)C2)cc1. The number of ether oxygens (including phenoxy) is 1. The molecule has 4 rings (SSSR count). The highest BCUT2D eigenvalue weighted by atomic mass is 35.5. The van der Waals surface area contributed by atoms with Crippen LogP contribution in [0.4, 0.5) is 5.69 Å². The summed E-state index contributed by atoms with van der Waals surface area (Å²) in [6.07, 6.45) is 0.797. The Labute approximate surface area is 158 Å². The molecule has 1 heterocycles. The van der Waals surface area contributed by atoms with Gasteiger partial charge in [0.2, 0.25) is 0 Å².